The van der Waals surface area contributed by atoms with Crippen LogP contribution in [0.15, 0.2) is 34.7 Å². The molecule has 132 valence electrons. The fraction of sp³-hybridized carbons (Fsp3) is 0.500. The van der Waals surface area contributed by atoms with Crippen LogP contribution in [0.5, 0.6) is 0 Å². The molecule has 1 saturated heterocycles. The lowest BCUT2D eigenvalue weighted by Gasteiger charge is -2.38. The molecule has 3 unspecified atom stereocenters. The number of piperidine rings is 1. The molecule has 0 saturated carbocycles. The number of nitrogens with zero attached hydrogens (tertiary/aromatic N) is 3. The smallest absolute Gasteiger partial charge is 0.232 e. The van der Waals surface area contributed by atoms with Crippen molar-refractivity contribution in [3.63, 3.8) is 0 Å². The summed E-state index contributed by atoms with van der Waals surface area (Å²) in [6, 6.07) is 12.2. The predicted octanol–water partition coefficient (Wildman–Crippen LogP) is 3.99. The van der Waals surface area contributed by atoms with Crippen LogP contribution in [0.2, 0.25) is 0 Å². The Morgan fingerprint density at radius 2 is 1.96 bits per heavy atom. The third kappa shape index (κ3) is 4.21. The van der Waals surface area contributed by atoms with E-state index in [0.717, 1.165) is 37.0 Å². The van der Waals surface area contributed by atoms with Crippen molar-refractivity contribution in [1.82, 2.24) is 9.88 Å². The molecule has 1 N–H and O–H groups in total. The average molecular weight is 338 g/mol. The molecule has 0 radical (unpaired) electrons. The van der Waals surface area contributed by atoms with Gasteiger partial charge in [0.15, 0.2) is 0 Å². The van der Waals surface area contributed by atoms with Gasteiger partial charge in [-0.3, -0.25) is 4.90 Å². The van der Waals surface area contributed by atoms with Crippen molar-refractivity contribution >= 4 is 5.88 Å². The first-order valence-corrected chi connectivity index (χ1v) is 9.01. The van der Waals surface area contributed by atoms with Crippen LogP contribution in [-0.4, -0.2) is 35.6 Å². The van der Waals surface area contributed by atoms with Crippen LogP contribution >= 0.6 is 0 Å². The van der Waals surface area contributed by atoms with Gasteiger partial charge in [0.1, 0.15) is 6.07 Å². The molecular weight excluding hydrogens is 312 g/mol. The standard InChI is InChI=1S/C20H26N4O/c1-14-9-15(2)13-24(12-14)16(3)11-22-20-18(10-21)23-19(25-20)17-7-5-4-6-8-17/h4-8,14-16,22H,9,11-13H2,1-3H3. The Balaban J connectivity index is 1.67. The molecule has 0 spiro atoms. The van der Waals surface area contributed by atoms with Crippen molar-refractivity contribution in [1.29, 1.82) is 5.26 Å². The van der Waals surface area contributed by atoms with Gasteiger partial charge in [-0.2, -0.15) is 10.2 Å². The Labute approximate surface area is 149 Å². The second kappa shape index (κ2) is 7.71. The summed E-state index contributed by atoms with van der Waals surface area (Å²) >= 11 is 0. The summed E-state index contributed by atoms with van der Waals surface area (Å²) < 4.78 is 5.81. The summed E-state index contributed by atoms with van der Waals surface area (Å²) in [6.07, 6.45) is 1.30. The van der Waals surface area contributed by atoms with E-state index >= 15 is 0 Å². The number of rotatable bonds is 5. The molecule has 0 bridgehead atoms. The van der Waals surface area contributed by atoms with Crippen molar-refractivity contribution in [2.24, 2.45) is 11.8 Å². The lowest BCUT2D eigenvalue weighted by atomic mass is 9.91. The quantitative estimate of drug-likeness (QED) is 0.893. The summed E-state index contributed by atoms with van der Waals surface area (Å²) in [5.41, 5.74) is 1.19. The average Bonchev–Trinajstić information content (AvgIpc) is 3.03. The van der Waals surface area contributed by atoms with Crippen molar-refractivity contribution in [2.45, 2.75) is 33.2 Å². The maximum atomic E-state index is 9.34. The third-order valence-corrected chi connectivity index (χ3v) is 4.83. The Hall–Kier alpha value is -2.32. The molecule has 3 rings (SSSR count). The molecule has 5 nitrogen and oxygen atoms in total. The van der Waals surface area contributed by atoms with Gasteiger partial charge < -0.3 is 9.73 Å². The first kappa shape index (κ1) is 17.5. The van der Waals surface area contributed by atoms with E-state index in [2.05, 4.69) is 42.0 Å². The number of hydrogen-bond donors (Lipinski definition) is 1. The molecule has 1 aromatic heterocycles. The van der Waals surface area contributed by atoms with Crippen molar-refractivity contribution < 1.29 is 4.42 Å². The number of likely N-dealkylation sites (tertiary alicyclic amines) is 1. The molecule has 1 fully saturated rings. The Morgan fingerprint density at radius 1 is 1.28 bits per heavy atom. The van der Waals surface area contributed by atoms with Crippen molar-refractivity contribution in [3.8, 4) is 17.5 Å². The number of benzene rings is 1. The molecule has 1 aromatic carbocycles. The molecule has 0 aliphatic carbocycles. The minimum atomic E-state index is 0.312. The van der Waals surface area contributed by atoms with Crippen LogP contribution in [-0.2, 0) is 0 Å². The Morgan fingerprint density at radius 3 is 2.60 bits per heavy atom. The minimum absolute atomic E-state index is 0.312. The molecule has 2 heterocycles. The molecule has 3 atom stereocenters. The highest BCUT2D eigenvalue weighted by molar-refractivity contribution is 5.58. The summed E-state index contributed by atoms with van der Waals surface area (Å²) in [5.74, 6) is 2.41. The zero-order chi connectivity index (χ0) is 17.8. The first-order valence-electron chi connectivity index (χ1n) is 9.01. The van der Waals surface area contributed by atoms with E-state index in [0.29, 0.717) is 23.5 Å². The largest absolute Gasteiger partial charge is 0.419 e. The molecule has 1 aliphatic rings. The fourth-order valence-electron chi connectivity index (χ4n) is 3.66. The van der Waals surface area contributed by atoms with Crippen LogP contribution in [0.25, 0.3) is 11.5 Å². The van der Waals surface area contributed by atoms with Crippen LogP contribution in [0.3, 0.4) is 0 Å². The van der Waals surface area contributed by atoms with Crippen molar-refractivity contribution in [3.05, 3.63) is 36.0 Å². The first-order chi connectivity index (χ1) is 12.1. The van der Waals surface area contributed by atoms with E-state index < -0.39 is 0 Å². The van der Waals surface area contributed by atoms with Crippen LogP contribution < -0.4 is 5.32 Å². The van der Waals surface area contributed by atoms with Gasteiger partial charge in [0.25, 0.3) is 0 Å². The summed E-state index contributed by atoms with van der Waals surface area (Å²) in [4.78, 5) is 6.83. The highest BCUT2D eigenvalue weighted by Gasteiger charge is 2.25. The topological polar surface area (TPSA) is 65.1 Å². The second-order valence-corrected chi connectivity index (χ2v) is 7.30. The normalized spacial score (nSPS) is 22.3. The molecule has 0 amide bonds. The van der Waals surface area contributed by atoms with E-state index in [1.165, 1.54) is 6.42 Å². The lowest BCUT2D eigenvalue weighted by Crippen LogP contribution is -2.46. The van der Waals surface area contributed by atoms with Gasteiger partial charge in [-0.25, -0.2) is 0 Å². The maximum Gasteiger partial charge on any atom is 0.232 e. The van der Waals surface area contributed by atoms with Gasteiger partial charge in [-0.05, 0) is 37.3 Å². The Kier molecular flexibility index (Phi) is 5.40. The molecule has 25 heavy (non-hydrogen) atoms. The van der Waals surface area contributed by atoms with Gasteiger partial charge >= 0.3 is 0 Å². The van der Waals surface area contributed by atoms with E-state index in [-0.39, 0.29) is 0 Å². The summed E-state index contributed by atoms with van der Waals surface area (Å²) in [5, 5.41) is 12.6. The van der Waals surface area contributed by atoms with Gasteiger partial charge in [0.05, 0.1) is 0 Å². The van der Waals surface area contributed by atoms with E-state index in [1.807, 2.05) is 30.3 Å². The van der Waals surface area contributed by atoms with Crippen LogP contribution in [0.4, 0.5) is 5.88 Å². The molecule has 5 heteroatoms. The van der Waals surface area contributed by atoms with Crippen LogP contribution in [0, 0.1) is 23.2 Å². The highest BCUT2D eigenvalue weighted by Crippen LogP contribution is 2.26. The number of hydrogen-bond acceptors (Lipinski definition) is 5. The number of oxazole rings is 1. The number of nitrogens with one attached hydrogen (secondary N) is 1. The number of nitriles is 1. The number of aromatic nitrogens is 1. The summed E-state index contributed by atoms with van der Waals surface area (Å²) in [7, 11) is 0. The van der Waals surface area contributed by atoms with Gasteiger partial charge in [-0.1, -0.05) is 32.0 Å². The Bertz CT molecular complexity index is 724. The molecule has 2 aromatic rings. The van der Waals surface area contributed by atoms with Crippen LogP contribution in [0.1, 0.15) is 32.9 Å². The SMILES string of the molecule is CC1CC(C)CN(C(C)CNc2oc(-c3ccccc3)nc2C#N)C1. The fourth-order valence-corrected chi connectivity index (χ4v) is 3.66. The van der Waals surface area contributed by atoms with Gasteiger partial charge in [0, 0.05) is 31.2 Å². The zero-order valence-electron chi connectivity index (χ0n) is 15.2. The third-order valence-electron chi connectivity index (χ3n) is 4.83. The maximum absolute atomic E-state index is 9.34. The van der Waals surface area contributed by atoms with Crippen molar-refractivity contribution in [2.75, 3.05) is 25.0 Å². The van der Waals surface area contributed by atoms with Gasteiger partial charge in [0.2, 0.25) is 17.5 Å². The van der Waals surface area contributed by atoms with E-state index in [9.17, 15) is 5.26 Å². The summed E-state index contributed by atoms with van der Waals surface area (Å²) in [6.45, 7) is 9.85. The number of anilines is 1. The molecular formula is C20H26N4O. The molecule has 1 aliphatic heterocycles. The van der Waals surface area contributed by atoms with E-state index in [4.69, 9.17) is 4.42 Å². The monoisotopic (exact) mass is 338 g/mol. The van der Waals surface area contributed by atoms with Gasteiger partial charge in [-0.15, -0.1) is 0 Å². The lowest BCUT2D eigenvalue weighted by molar-refractivity contribution is 0.108. The minimum Gasteiger partial charge on any atom is -0.419 e. The second-order valence-electron chi connectivity index (χ2n) is 7.30. The van der Waals surface area contributed by atoms with E-state index in [1.54, 1.807) is 0 Å². The highest BCUT2D eigenvalue weighted by atomic mass is 16.4. The zero-order valence-corrected chi connectivity index (χ0v) is 15.2. The predicted molar refractivity (Wildman–Crippen MR) is 99.1 cm³/mol.